The first-order valence-corrected chi connectivity index (χ1v) is 10.7. The van der Waals surface area contributed by atoms with E-state index in [0.717, 1.165) is 66.0 Å². The maximum Gasteiger partial charge on any atom is 0.261 e. The van der Waals surface area contributed by atoms with Crippen LogP contribution in [0.5, 0.6) is 11.5 Å². The number of likely N-dealkylation sites (N-methyl/N-ethyl adjacent to an activating group) is 1. The van der Waals surface area contributed by atoms with E-state index in [1.807, 2.05) is 30.3 Å². The van der Waals surface area contributed by atoms with Crippen LogP contribution in [0.15, 0.2) is 30.3 Å². The van der Waals surface area contributed by atoms with Gasteiger partial charge in [-0.15, -0.1) is 11.3 Å². The third-order valence-electron chi connectivity index (χ3n) is 5.19. The largest absolute Gasteiger partial charge is 0.486 e. The summed E-state index contributed by atoms with van der Waals surface area (Å²) in [6.07, 6.45) is 0.982. The highest BCUT2D eigenvalue weighted by molar-refractivity contribution is 7.17. The van der Waals surface area contributed by atoms with Crippen molar-refractivity contribution in [1.29, 1.82) is 0 Å². The quantitative estimate of drug-likeness (QED) is 0.754. The van der Waals surface area contributed by atoms with E-state index in [1.54, 1.807) is 0 Å². The van der Waals surface area contributed by atoms with Gasteiger partial charge in [-0.05, 0) is 55.9 Å². The van der Waals surface area contributed by atoms with Gasteiger partial charge in [0.15, 0.2) is 11.5 Å². The first kappa shape index (κ1) is 19.2. The molecule has 3 heterocycles. The van der Waals surface area contributed by atoms with Gasteiger partial charge in [-0.1, -0.05) is 0 Å². The molecule has 1 amide bonds. The normalized spacial score (nSPS) is 17.5. The maximum atomic E-state index is 12.5. The summed E-state index contributed by atoms with van der Waals surface area (Å²) in [6, 6.07) is 9.82. The summed E-state index contributed by atoms with van der Waals surface area (Å²) in [6.45, 7) is 7.41. The number of piperazine rings is 1. The number of benzene rings is 1. The molecule has 0 aliphatic carbocycles. The number of nitrogens with one attached hydrogen (secondary N) is 1. The Morgan fingerprint density at radius 2 is 1.86 bits per heavy atom. The summed E-state index contributed by atoms with van der Waals surface area (Å²) in [5.41, 5.74) is 1.04. The number of nitrogens with zero attached hydrogens (tertiary/aromatic N) is 2. The van der Waals surface area contributed by atoms with Crippen molar-refractivity contribution in [3.63, 3.8) is 0 Å². The second-order valence-electron chi connectivity index (χ2n) is 7.28. The van der Waals surface area contributed by atoms with Crippen LogP contribution in [-0.2, 0) is 0 Å². The van der Waals surface area contributed by atoms with Crippen molar-refractivity contribution >= 4 is 17.2 Å². The fourth-order valence-corrected chi connectivity index (χ4v) is 4.39. The lowest BCUT2D eigenvalue weighted by molar-refractivity contribution is 0.0953. The third kappa shape index (κ3) is 4.66. The van der Waals surface area contributed by atoms with E-state index in [0.29, 0.717) is 19.8 Å². The van der Waals surface area contributed by atoms with Gasteiger partial charge in [0.05, 0.1) is 4.88 Å². The van der Waals surface area contributed by atoms with Crippen LogP contribution in [0.4, 0.5) is 0 Å². The number of amides is 1. The van der Waals surface area contributed by atoms with Crippen molar-refractivity contribution < 1.29 is 14.3 Å². The molecule has 1 aromatic carbocycles. The Kier molecular flexibility index (Phi) is 6.14. The second kappa shape index (κ2) is 8.94. The van der Waals surface area contributed by atoms with Gasteiger partial charge in [0.1, 0.15) is 13.2 Å². The Hall–Kier alpha value is -2.09. The van der Waals surface area contributed by atoms with Crippen LogP contribution in [0, 0.1) is 0 Å². The highest BCUT2D eigenvalue weighted by Gasteiger charge is 2.16. The van der Waals surface area contributed by atoms with E-state index in [9.17, 15) is 4.79 Å². The van der Waals surface area contributed by atoms with Crippen LogP contribution in [0.25, 0.3) is 10.4 Å². The molecular weight excluding hydrogens is 374 g/mol. The van der Waals surface area contributed by atoms with E-state index in [4.69, 9.17) is 9.47 Å². The molecule has 1 aromatic heterocycles. The van der Waals surface area contributed by atoms with Gasteiger partial charge in [0.2, 0.25) is 0 Å². The summed E-state index contributed by atoms with van der Waals surface area (Å²) >= 11 is 1.51. The Balaban J connectivity index is 1.27. The van der Waals surface area contributed by atoms with Crippen molar-refractivity contribution in [2.75, 3.05) is 59.5 Å². The molecule has 4 rings (SSSR count). The molecule has 0 unspecified atom stereocenters. The number of fused-ring (bicyclic) bond motifs is 1. The predicted octanol–water partition coefficient (Wildman–Crippen LogP) is 2.55. The van der Waals surface area contributed by atoms with Gasteiger partial charge in [-0.2, -0.15) is 0 Å². The van der Waals surface area contributed by atoms with Gasteiger partial charge < -0.3 is 24.6 Å². The standard InChI is InChI=1S/C21H27N3O3S/c1-23-9-11-24(12-10-23)8-2-7-22-21(25)20-6-5-19(28-20)16-3-4-17-18(15-16)27-14-13-26-17/h3-6,15H,2,7-14H2,1H3,(H,22,25). The number of rotatable bonds is 6. The van der Waals surface area contributed by atoms with Gasteiger partial charge in [-0.3, -0.25) is 4.79 Å². The zero-order chi connectivity index (χ0) is 19.3. The lowest BCUT2D eigenvalue weighted by atomic mass is 10.1. The molecule has 1 fully saturated rings. The summed E-state index contributed by atoms with van der Waals surface area (Å²) in [7, 11) is 2.16. The number of carbonyl (C=O) groups is 1. The monoisotopic (exact) mass is 401 g/mol. The van der Waals surface area contributed by atoms with Crippen LogP contribution in [-0.4, -0.2) is 75.2 Å². The fourth-order valence-electron chi connectivity index (χ4n) is 3.47. The minimum Gasteiger partial charge on any atom is -0.486 e. The number of ether oxygens (including phenoxy) is 2. The zero-order valence-electron chi connectivity index (χ0n) is 16.3. The van der Waals surface area contributed by atoms with Crippen LogP contribution >= 0.6 is 11.3 Å². The molecule has 7 heteroatoms. The molecule has 1 N–H and O–H groups in total. The lowest BCUT2D eigenvalue weighted by Gasteiger charge is -2.32. The molecule has 28 heavy (non-hydrogen) atoms. The fraction of sp³-hybridized carbons (Fsp3) is 0.476. The lowest BCUT2D eigenvalue weighted by Crippen LogP contribution is -2.45. The Labute approximate surface area is 170 Å². The number of hydrogen-bond acceptors (Lipinski definition) is 6. The third-order valence-corrected chi connectivity index (χ3v) is 6.32. The molecule has 0 saturated carbocycles. The molecule has 0 spiro atoms. The maximum absolute atomic E-state index is 12.5. The van der Waals surface area contributed by atoms with Crippen LogP contribution in [0.2, 0.25) is 0 Å². The Morgan fingerprint density at radius 1 is 1.07 bits per heavy atom. The minimum atomic E-state index is 0.00664. The molecule has 6 nitrogen and oxygen atoms in total. The molecule has 150 valence electrons. The highest BCUT2D eigenvalue weighted by Crippen LogP contribution is 2.36. The number of thiophene rings is 1. The average Bonchev–Trinajstić information content (AvgIpc) is 3.22. The summed E-state index contributed by atoms with van der Waals surface area (Å²) < 4.78 is 11.2. The molecule has 2 aromatic rings. The molecule has 1 saturated heterocycles. The number of carbonyl (C=O) groups excluding carboxylic acids is 1. The van der Waals surface area contributed by atoms with Crippen molar-refractivity contribution in [3.05, 3.63) is 35.2 Å². The Bertz CT molecular complexity index is 815. The molecule has 0 atom stereocenters. The molecule has 2 aliphatic heterocycles. The van der Waals surface area contributed by atoms with Crippen molar-refractivity contribution in [3.8, 4) is 21.9 Å². The van der Waals surface area contributed by atoms with Crippen LogP contribution < -0.4 is 14.8 Å². The van der Waals surface area contributed by atoms with E-state index in [2.05, 4.69) is 22.2 Å². The van der Waals surface area contributed by atoms with E-state index in [-0.39, 0.29) is 5.91 Å². The first-order chi connectivity index (χ1) is 13.7. The smallest absolute Gasteiger partial charge is 0.261 e. The molecule has 0 radical (unpaired) electrons. The van der Waals surface area contributed by atoms with Gasteiger partial charge >= 0.3 is 0 Å². The second-order valence-corrected chi connectivity index (χ2v) is 8.36. The minimum absolute atomic E-state index is 0.00664. The summed E-state index contributed by atoms with van der Waals surface area (Å²) in [5, 5.41) is 3.05. The van der Waals surface area contributed by atoms with Gasteiger partial charge in [-0.25, -0.2) is 0 Å². The topological polar surface area (TPSA) is 54.0 Å². The summed E-state index contributed by atoms with van der Waals surface area (Å²) in [5.74, 6) is 1.56. The molecule has 2 aliphatic rings. The first-order valence-electron chi connectivity index (χ1n) is 9.88. The van der Waals surface area contributed by atoms with Crippen molar-refractivity contribution in [2.24, 2.45) is 0 Å². The van der Waals surface area contributed by atoms with Gasteiger partial charge in [0.25, 0.3) is 5.91 Å². The molecule has 0 bridgehead atoms. The van der Waals surface area contributed by atoms with Crippen LogP contribution in [0.1, 0.15) is 16.1 Å². The van der Waals surface area contributed by atoms with E-state index in [1.165, 1.54) is 11.3 Å². The van der Waals surface area contributed by atoms with Crippen LogP contribution in [0.3, 0.4) is 0 Å². The zero-order valence-corrected chi connectivity index (χ0v) is 17.1. The highest BCUT2D eigenvalue weighted by atomic mass is 32.1. The predicted molar refractivity (Wildman–Crippen MR) is 112 cm³/mol. The number of hydrogen-bond donors (Lipinski definition) is 1. The van der Waals surface area contributed by atoms with E-state index < -0.39 is 0 Å². The summed E-state index contributed by atoms with van der Waals surface area (Å²) in [4.78, 5) is 19.1. The average molecular weight is 402 g/mol. The van der Waals surface area contributed by atoms with Crippen molar-refractivity contribution in [1.82, 2.24) is 15.1 Å². The SMILES string of the molecule is CN1CCN(CCCNC(=O)c2ccc(-c3ccc4c(c3)OCCO4)s2)CC1. The van der Waals surface area contributed by atoms with E-state index >= 15 is 0 Å². The molecular formula is C21H27N3O3S. The van der Waals surface area contributed by atoms with Crippen molar-refractivity contribution in [2.45, 2.75) is 6.42 Å². The van der Waals surface area contributed by atoms with Gasteiger partial charge in [0, 0.05) is 37.6 Å². The Morgan fingerprint density at radius 3 is 2.68 bits per heavy atom.